The number of carbonyl (C=O) groups excluding carboxylic acids is 2. The molecular weight excluding hydrogens is 536 g/mol. The van der Waals surface area contributed by atoms with Gasteiger partial charge in [0.15, 0.2) is 0 Å². The molecule has 1 aromatic carbocycles. The Bertz CT molecular complexity index is 1360. The number of rotatable bonds is 7. The van der Waals surface area contributed by atoms with Gasteiger partial charge in [0.1, 0.15) is 5.82 Å². The molecule has 1 unspecified atom stereocenters. The molecule has 2 N–H and O–H groups in total. The normalized spacial score (nSPS) is 18.1. The summed E-state index contributed by atoms with van der Waals surface area (Å²) in [4.78, 5) is 39.2. The molecule has 7 nitrogen and oxygen atoms in total. The molecule has 37 heavy (non-hydrogen) atoms. The minimum atomic E-state index is -4.44. The van der Waals surface area contributed by atoms with Gasteiger partial charge in [0.2, 0.25) is 5.91 Å². The van der Waals surface area contributed by atoms with Gasteiger partial charge in [-0.05, 0) is 36.8 Å². The van der Waals surface area contributed by atoms with E-state index in [0.29, 0.717) is 9.21 Å². The van der Waals surface area contributed by atoms with Crippen LogP contribution in [0, 0.1) is 5.82 Å². The van der Waals surface area contributed by atoms with E-state index in [1.165, 1.54) is 39.9 Å². The first kappa shape index (κ1) is 26.8. The van der Waals surface area contributed by atoms with Gasteiger partial charge >= 0.3 is 6.18 Å². The largest absolute Gasteiger partial charge is 0.390 e. The van der Waals surface area contributed by atoms with E-state index in [1.807, 2.05) is 0 Å². The number of anilines is 1. The summed E-state index contributed by atoms with van der Waals surface area (Å²) < 4.78 is 55.1. The topological polar surface area (TPSA) is 83.4 Å². The van der Waals surface area contributed by atoms with Crippen molar-refractivity contribution in [3.05, 3.63) is 80.1 Å². The van der Waals surface area contributed by atoms with Gasteiger partial charge in [0, 0.05) is 37.5 Å². The average Bonchev–Trinajstić information content (AvgIpc) is 3.45. The number of amides is 2. The summed E-state index contributed by atoms with van der Waals surface area (Å²) in [6.45, 7) is -0.450. The van der Waals surface area contributed by atoms with Gasteiger partial charge in [-0.25, -0.2) is 4.39 Å². The van der Waals surface area contributed by atoms with Crippen molar-refractivity contribution in [1.82, 2.24) is 14.8 Å². The second-order valence-electron chi connectivity index (χ2n) is 8.45. The first-order chi connectivity index (χ1) is 17.5. The van der Waals surface area contributed by atoms with Crippen molar-refractivity contribution in [2.45, 2.75) is 31.1 Å². The second-order valence-corrected chi connectivity index (χ2v) is 10.2. The summed E-state index contributed by atoms with van der Waals surface area (Å²) in [5.74, 6) is -1.97. The maximum atomic E-state index is 14.8. The number of thiophene rings is 1. The summed E-state index contributed by atoms with van der Waals surface area (Å²) in [6, 6.07) is 9.68. The molecule has 2 aromatic heterocycles. The molecule has 196 valence electrons. The van der Waals surface area contributed by atoms with Crippen LogP contribution in [0.2, 0.25) is 4.34 Å². The van der Waals surface area contributed by atoms with Crippen LogP contribution in [0.5, 0.6) is 0 Å². The Morgan fingerprint density at radius 2 is 1.92 bits per heavy atom. The summed E-state index contributed by atoms with van der Waals surface area (Å²) in [5, 5.41) is 5.16. The van der Waals surface area contributed by atoms with Crippen LogP contribution in [0.25, 0.3) is 5.69 Å². The SMILES string of the molecule is O=C(NC1C[C@@H](C(=O)Nc2ccc(-n3ccccc3=O)cc2F)N(CCC(F)(F)F)C1)c1ccc(Cl)s1. The predicted molar refractivity (Wildman–Crippen MR) is 132 cm³/mol. The highest BCUT2D eigenvalue weighted by molar-refractivity contribution is 7.18. The number of halogens is 5. The number of carbonyl (C=O) groups is 2. The van der Waals surface area contributed by atoms with Gasteiger partial charge in [0.25, 0.3) is 11.5 Å². The van der Waals surface area contributed by atoms with Crippen molar-refractivity contribution in [3.63, 3.8) is 0 Å². The molecule has 4 rings (SSSR count). The lowest BCUT2D eigenvalue weighted by atomic mass is 10.1. The number of pyridine rings is 1. The number of benzene rings is 1. The van der Waals surface area contributed by atoms with E-state index in [0.717, 1.165) is 17.4 Å². The third kappa shape index (κ3) is 6.76. The summed E-state index contributed by atoms with van der Waals surface area (Å²) in [5.41, 5.74) is -0.317. The molecule has 0 saturated carbocycles. The summed E-state index contributed by atoms with van der Waals surface area (Å²) in [6.07, 6.45) is -4.08. The molecule has 1 aliphatic rings. The lowest BCUT2D eigenvalue weighted by Gasteiger charge is -2.24. The van der Waals surface area contributed by atoms with Crippen LogP contribution in [-0.4, -0.2) is 52.6 Å². The highest BCUT2D eigenvalue weighted by atomic mass is 35.5. The fraction of sp³-hybridized carbons (Fsp3) is 0.292. The Balaban J connectivity index is 1.48. The molecule has 1 fully saturated rings. The zero-order chi connectivity index (χ0) is 26.7. The maximum absolute atomic E-state index is 14.8. The van der Waals surface area contributed by atoms with Crippen molar-refractivity contribution in [1.29, 1.82) is 0 Å². The fourth-order valence-corrected chi connectivity index (χ4v) is 5.05. The third-order valence-corrected chi connectivity index (χ3v) is 7.06. The number of hydrogen-bond donors (Lipinski definition) is 2. The standard InChI is InChI=1S/C24H21ClF4N4O3S/c25-20-7-6-19(37-20)23(36)30-14-11-18(32(13-14)10-8-24(27,28)29)22(35)31-17-5-4-15(12-16(17)26)33-9-2-1-3-21(33)34/h1-7,9,12,14,18H,8,10-11,13H2,(H,30,36)(H,31,35)/t14?,18-/m0/s1. The van der Waals surface area contributed by atoms with Crippen LogP contribution in [0.15, 0.2) is 59.5 Å². The molecule has 0 spiro atoms. The maximum Gasteiger partial charge on any atom is 0.390 e. The van der Waals surface area contributed by atoms with Gasteiger partial charge in [-0.3, -0.25) is 23.9 Å². The van der Waals surface area contributed by atoms with E-state index >= 15 is 0 Å². The number of likely N-dealkylation sites (tertiary alicyclic amines) is 1. The molecule has 3 heterocycles. The number of alkyl halides is 3. The lowest BCUT2D eigenvalue weighted by molar-refractivity contribution is -0.140. The average molecular weight is 557 g/mol. The fourth-order valence-electron chi connectivity index (χ4n) is 4.10. The third-order valence-electron chi connectivity index (χ3n) is 5.83. The Labute approximate surface area is 217 Å². The molecule has 2 atom stereocenters. The van der Waals surface area contributed by atoms with Crippen LogP contribution in [0.3, 0.4) is 0 Å². The minimum Gasteiger partial charge on any atom is -0.347 e. The lowest BCUT2D eigenvalue weighted by Crippen LogP contribution is -2.41. The van der Waals surface area contributed by atoms with Gasteiger partial charge in [-0.2, -0.15) is 13.2 Å². The van der Waals surface area contributed by atoms with Gasteiger partial charge in [-0.15, -0.1) is 11.3 Å². The zero-order valence-electron chi connectivity index (χ0n) is 19.1. The van der Waals surface area contributed by atoms with E-state index in [1.54, 1.807) is 18.2 Å². The van der Waals surface area contributed by atoms with Crippen LogP contribution in [0.1, 0.15) is 22.5 Å². The highest BCUT2D eigenvalue weighted by Gasteiger charge is 2.40. The Hall–Kier alpha value is -3.22. The van der Waals surface area contributed by atoms with E-state index in [-0.39, 0.29) is 29.9 Å². The van der Waals surface area contributed by atoms with Gasteiger partial charge in [-0.1, -0.05) is 17.7 Å². The van der Waals surface area contributed by atoms with Crippen LogP contribution >= 0.6 is 22.9 Å². The van der Waals surface area contributed by atoms with E-state index in [4.69, 9.17) is 11.6 Å². The number of nitrogens with zero attached hydrogens (tertiary/aromatic N) is 2. The molecule has 1 aliphatic heterocycles. The molecule has 2 amide bonds. The van der Waals surface area contributed by atoms with E-state index in [9.17, 15) is 31.9 Å². The molecule has 0 radical (unpaired) electrons. The Morgan fingerprint density at radius 1 is 1.14 bits per heavy atom. The minimum absolute atomic E-state index is 0.0113. The zero-order valence-corrected chi connectivity index (χ0v) is 20.7. The number of aromatic nitrogens is 1. The van der Waals surface area contributed by atoms with Crippen molar-refractivity contribution >= 4 is 40.4 Å². The Kier molecular flexibility index (Phi) is 8.00. The smallest absolute Gasteiger partial charge is 0.347 e. The van der Waals surface area contributed by atoms with E-state index < -0.39 is 48.9 Å². The van der Waals surface area contributed by atoms with Crippen LogP contribution in [0.4, 0.5) is 23.2 Å². The number of nitrogens with one attached hydrogen (secondary N) is 2. The molecular formula is C24H21ClF4N4O3S. The number of hydrogen-bond acceptors (Lipinski definition) is 5. The van der Waals surface area contributed by atoms with Crippen molar-refractivity contribution in [2.75, 3.05) is 18.4 Å². The Morgan fingerprint density at radius 3 is 2.57 bits per heavy atom. The van der Waals surface area contributed by atoms with Gasteiger partial charge < -0.3 is 10.6 Å². The summed E-state index contributed by atoms with van der Waals surface area (Å²) in [7, 11) is 0. The second kappa shape index (κ2) is 11.0. The highest BCUT2D eigenvalue weighted by Crippen LogP contribution is 2.27. The van der Waals surface area contributed by atoms with Gasteiger partial charge in [0.05, 0.1) is 33.1 Å². The first-order valence-electron chi connectivity index (χ1n) is 11.2. The first-order valence-corrected chi connectivity index (χ1v) is 12.3. The molecule has 1 saturated heterocycles. The molecule has 3 aromatic rings. The van der Waals surface area contributed by atoms with Crippen molar-refractivity contribution < 1.29 is 27.2 Å². The monoisotopic (exact) mass is 556 g/mol. The molecule has 0 bridgehead atoms. The van der Waals surface area contributed by atoms with E-state index in [2.05, 4.69) is 10.6 Å². The van der Waals surface area contributed by atoms with Crippen LogP contribution in [-0.2, 0) is 4.79 Å². The summed E-state index contributed by atoms with van der Waals surface area (Å²) >= 11 is 6.91. The van der Waals surface area contributed by atoms with Crippen molar-refractivity contribution in [2.24, 2.45) is 0 Å². The molecule has 13 heteroatoms. The predicted octanol–water partition coefficient (Wildman–Crippen LogP) is 4.46. The van der Waals surface area contributed by atoms with Crippen LogP contribution < -0.4 is 16.2 Å². The van der Waals surface area contributed by atoms with Crippen molar-refractivity contribution in [3.8, 4) is 5.69 Å². The quantitative estimate of drug-likeness (QED) is 0.421. The molecule has 0 aliphatic carbocycles.